The molecule has 5 nitrogen and oxygen atoms in total. The number of carbonyl (C=O) groups excluding carboxylic acids is 2. The van der Waals surface area contributed by atoms with E-state index in [1.54, 1.807) is 19.1 Å². The molecule has 1 aliphatic heterocycles. The molecule has 0 saturated carbocycles. The normalized spacial score (nSPS) is 19.1. The van der Waals surface area contributed by atoms with Gasteiger partial charge in [-0.2, -0.15) is 0 Å². The summed E-state index contributed by atoms with van der Waals surface area (Å²) in [5.41, 5.74) is 0.670. The van der Waals surface area contributed by atoms with Crippen LogP contribution in [0.1, 0.15) is 38.7 Å². The monoisotopic (exact) mass is 321 g/mol. The van der Waals surface area contributed by atoms with E-state index in [0.29, 0.717) is 5.56 Å². The number of nitrogens with one attached hydrogen (secondary N) is 2. The first-order valence-electron chi connectivity index (χ1n) is 8.06. The fourth-order valence-corrected chi connectivity index (χ4v) is 2.81. The largest absolute Gasteiger partial charge is 0.338 e. The molecule has 0 aromatic heterocycles. The maximum absolute atomic E-state index is 13.1. The van der Waals surface area contributed by atoms with Gasteiger partial charge >= 0.3 is 6.03 Å². The summed E-state index contributed by atoms with van der Waals surface area (Å²) in [6.07, 6.45) is 3.15. The third-order valence-corrected chi connectivity index (χ3v) is 4.15. The van der Waals surface area contributed by atoms with E-state index in [2.05, 4.69) is 10.6 Å². The van der Waals surface area contributed by atoms with E-state index in [1.165, 1.54) is 12.1 Å². The SMILES string of the molecule is C[C@@H](NC(=O)NCc1cccc(F)c1)C(=O)N1CCCC[C@@H]1C. The minimum atomic E-state index is -0.581. The predicted octanol–water partition coefficient (Wildman–Crippen LogP) is 2.41. The summed E-state index contributed by atoms with van der Waals surface area (Å²) in [6, 6.07) is 5.24. The van der Waals surface area contributed by atoms with Gasteiger partial charge in [0.2, 0.25) is 5.91 Å². The molecule has 1 fully saturated rings. The van der Waals surface area contributed by atoms with Crippen molar-refractivity contribution in [2.75, 3.05) is 6.54 Å². The van der Waals surface area contributed by atoms with Crippen LogP contribution in [0.3, 0.4) is 0 Å². The highest BCUT2D eigenvalue weighted by molar-refractivity contribution is 5.86. The second kappa shape index (κ2) is 7.94. The Hall–Kier alpha value is -2.11. The van der Waals surface area contributed by atoms with Crippen LogP contribution < -0.4 is 10.6 Å². The first kappa shape index (κ1) is 17.2. The van der Waals surface area contributed by atoms with Gasteiger partial charge in [0.05, 0.1) is 0 Å². The summed E-state index contributed by atoms with van der Waals surface area (Å²) < 4.78 is 13.1. The predicted molar refractivity (Wildman–Crippen MR) is 86.3 cm³/mol. The van der Waals surface area contributed by atoms with Crippen molar-refractivity contribution in [2.45, 2.75) is 51.7 Å². The van der Waals surface area contributed by atoms with E-state index in [4.69, 9.17) is 0 Å². The van der Waals surface area contributed by atoms with Crippen LogP contribution in [0.5, 0.6) is 0 Å². The molecule has 6 heteroatoms. The molecule has 2 atom stereocenters. The molecule has 1 aliphatic rings. The number of benzene rings is 1. The lowest BCUT2D eigenvalue weighted by atomic mass is 10.0. The third kappa shape index (κ3) is 4.94. The highest BCUT2D eigenvalue weighted by Crippen LogP contribution is 2.17. The molecule has 1 heterocycles. The van der Waals surface area contributed by atoms with Crippen molar-refractivity contribution in [3.05, 3.63) is 35.6 Å². The Balaban J connectivity index is 1.80. The van der Waals surface area contributed by atoms with Crippen molar-refractivity contribution in [1.29, 1.82) is 0 Å². The maximum atomic E-state index is 13.1. The minimum Gasteiger partial charge on any atom is -0.338 e. The van der Waals surface area contributed by atoms with E-state index >= 15 is 0 Å². The van der Waals surface area contributed by atoms with Crippen LogP contribution in [-0.2, 0) is 11.3 Å². The van der Waals surface area contributed by atoms with Crippen molar-refractivity contribution in [1.82, 2.24) is 15.5 Å². The average molecular weight is 321 g/mol. The smallest absolute Gasteiger partial charge is 0.315 e. The van der Waals surface area contributed by atoms with Crippen molar-refractivity contribution in [3.63, 3.8) is 0 Å². The van der Waals surface area contributed by atoms with Gasteiger partial charge in [0, 0.05) is 19.1 Å². The Kier molecular flexibility index (Phi) is 5.96. The van der Waals surface area contributed by atoms with E-state index in [1.807, 2.05) is 11.8 Å². The molecule has 0 unspecified atom stereocenters. The van der Waals surface area contributed by atoms with E-state index in [0.717, 1.165) is 25.8 Å². The van der Waals surface area contributed by atoms with Gasteiger partial charge in [-0.25, -0.2) is 9.18 Å². The Bertz CT molecular complexity index is 565. The van der Waals surface area contributed by atoms with Gasteiger partial charge in [-0.1, -0.05) is 12.1 Å². The molecule has 0 spiro atoms. The van der Waals surface area contributed by atoms with Crippen LogP contribution in [-0.4, -0.2) is 35.5 Å². The van der Waals surface area contributed by atoms with Gasteiger partial charge in [0.15, 0.2) is 0 Å². The second-order valence-electron chi connectivity index (χ2n) is 6.06. The third-order valence-electron chi connectivity index (χ3n) is 4.15. The quantitative estimate of drug-likeness (QED) is 0.894. The molecule has 2 N–H and O–H groups in total. The fourth-order valence-electron chi connectivity index (χ4n) is 2.81. The first-order chi connectivity index (χ1) is 11.0. The van der Waals surface area contributed by atoms with Crippen LogP contribution in [0, 0.1) is 5.82 Å². The molecule has 1 saturated heterocycles. The lowest BCUT2D eigenvalue weighted by Gasteiger charge is -2.35. The van der Waals surface area contributed by atoms with Gasteiger partial charge in [0.25, 0.3) is 0 Å². The zero-order chi connectivity index (χ0) is 16.8. The van der Waals surface area contributed by atoms with E-state index < -0.39 is 12.1 Å². The van der Waals surface area contributed by atoms with Crippen LogP contribution in [0.15, 0.2) is 24.3 Å². The molecule has 0 radical (unpaired) electrons. The molecule has 0 aliphatic carbocycles. The molecule has 3 amide bonds. The summed E-state index contributed by atoms with van der Waals surface area (Å²) in [7, 11) is 0. The Morgan fingerprint density at radius 2 is 2.17 bits per heavy atom. The summed E-state index contributed by atoms with van der Waals surface area (Å²) in [5.74, 6) is -0.398. The van der Waals surface area contributed by atoms with Gasteiger partial charge < -0.3 is 15.5 Å². The molecule has 126 valence electrons. The molecular formula is C17H24FN3O2. The number of nitrogens with zero attached hydrogens (tertiary/aromatic N) is 1. The van der Waals surface area contributed by atoms with Gasteiger partial charge in [-0.15, -0.1) is 0 Å². The zero-order valence-corrected chi connectivity index (χ0v) is 13.6. The molecule has 1 aromatic rings. The number of carbonyl (C=O) groups is 2. The number of urea groups is 1. The number of amides is 3. The molecule has 2 rings (SSSR count). The van der Waals surface area contributed by atoms with Gasteiger partial charge in [-0.3, -0.25) is 4.79 Å². The van der Waals surface area contributed by atoms with Crippen LogP contribution >= 0.6 is 0 Å². The standard InChI is InChI=1S/C17H24FN3O2/c1-12-6-3-4-9-21(12)16(22)13(2)20-17(23)19-11-14-7-5-8-15(18)10-14/h5,7-8,10,12-13H,3-4,6,9,11H2,1-2H3,(H2,19,20,23)/t12-,13+/m0/s1. The van der Waals surface area contributed by atoms with Crippen molar-refractivity contribution >= 4 is 11.9 Å². The lowest BCUT2D eigenvalue weighted by Crippen LogP contribution is -2.53. The zero-order valence-electron chi connectivity index (χ0n) is 13.6. The Labute approximate surface area is 136 Å². The number of hydrogen-bond donors (Lipinski definition) is 2. The van der Waals surface area contributed by atoms with E-state index in [-0.39, 0.29) is 24.3 Å². The molecule has 23 heavy (non-hydrogen) atoms. The summed E-state index contributed by atoms with van der Waals surface area (Å²) in [6.45, 7) is 4.68. The van der Waals surface area contributed by atoms with Crippen LogP contribution in [0.2, 0.25) is 0 Å². The number of rotatable bonds is 4. The minimum absolute atomic E-state index is 0.0573. The first-order valence-corrected chi connectivity index (χ1v) is 8.06. The Morgan fingerprint density at radius 3 is 2.87 bits per heavy atom. The maximum Gasteiger partial charge on any atom is 0.315 e. The average Bonchev–Trinajstić information content (AvgIpc) is 2.53. The topological polar surface area (TPSA) is 61.4 Å². The number of hydrogen-bond acceptors (Lipinski definition) is 2. The number of piperidine rings is 1. The lowest BCUT2D eigenvalue weighted by molar-refractivity contribution is -0.136. The number of likely N-dealkylation sites (tertiary alicyclic amines) is 1. The van der Waals surface area contributed by atoms with Gasteiger partial charge in [-0.05, 0) is 50.8 Å². The molecular weight excluding hydrogens is 297 g/mol. The van der Waals surface area contributed by atoms with Crippen LogP contribution in [0.25, 0.3) is 0 Å². The van der Waals surface area contributed by atoms with Crippen molar-refractivity contribution in [2.24, 2.45) is 0 Å². The van der Waals surface area contributed by atoms with Crippen LogP contribution in [0.4, 0.5) is 9.18 Å². The van der Waals surface area contributed by atoms with Gasteiger partial charge in [0.1, 0.15) is 11.9 Å². The number of halogens is 1. The summed E-state index contributed by atoms with van der Waals surface area (Å²) in [5, 5.41) is 5.29. The van der Waals surface area contributed by atoms with Crippen molar-refractivity contribution < 1.29 is 14.0 Å². The van der Waals surface area contributed by atoms with Crippen molar-refractivity contribution in [3.8, 4) is 0 Å². The van der Waals surface area contributed by atoms with E-state index in [9.17, 15) is 14.0 Å². The molecule has 0 bridgehead atoms. The highest BCUT2D eigenvalue weighted by Gasteiger charge is 2.27. The summed E-state index contributed by atoms with van der Waals surface area (Å²) in [4.78, 5) is 26.1. The Morgan fingerprint density at radius 1 is 1.39 bits per heavy atom. The molecule has 1 aromatic carbocycles. The second-order valence-corrected chi connectivity index (χ2v) is 6.06. The highest BCUT2D eigenvalue weighted by atomic mass is 19.1. The summed E-state index contributed by atoms with van der Waals surface area (Å²) >= 11 is 0. The fraction of sp³-hybridized carbons (Fsp3) is 0.529.